The van der Waals surface area contributed by atoms with Gasteiger partial charge < -0.3 is 0 Å². The molecule has 182 valence electrons. The summed E-state index contributed by atoms with van der Waals surface area (Å²) in [6.45, 7) is 5.95. The van der Waals surface area contributed by atoms with Crippen molar-refractivity contribution in [3.8, 4) is 0 Å². The molecule has 1 saturated heterocycles. The number of nitrogens with zero attached hydrogens (tertiary/aromatic N) is 2. The van der Waals surface area contributed by atoms with E-state index in [1.54, 1.807) is 0 Å². The molecule has 0 radical (unpaired) electrons. The molecule has 0 amide bonds. The molecule has 3 aromatic rings. The van der Waals surface area contributed by atoms with E-state index < -0.39 is 7.44 Å². The number of benzene rings is 3. The van der Waals surface area contributed by atoms with Gasteiger partial charge in [-0.05, 0) is 29.5 Å². The summed E-state index contributed by atoms with van der Waals surface area (Å²) in [7, 11) is -3.08. The van der Waals surface area contributed by atoms with Gasteiger partial charge in [0.25, 0.3) is 0 Å². The number of hydrogen-bond donors (Lipinski definition) is 1. The highest BCUT2D eigenvalue weighted by atomic mass is 31.2. The van der Waals surface area contributed by atoms with E-state index in [1.807, 2.05) is 12.1 Å². The van der Waals surface area contributed by atoms with Crippen LogP contribution in [0.25, 0.3) is 0 Å². The molecule has 5 rings (SSSR count). The highest BCUT2D eigenvalue weighted by Crippen LogP contribution is 2.71. The first-order valence-electron chi connectivity index (χ1n) is 12.8. The highest BCUT2D eigenvalue weighted by Gasteiger charge is 2.58. The summed E-state index contributed by atoms with van der Waals surface area (Å²) in [6.07, 6.45) is 6.45. The molecule has 1 unspecified atom stereocenters. The zero-order valence-corrected chi connectivity index (χ0v) is 21.3. The Labute approximate surface area is 210 Å². The van der Waals surface area contributed by atoms with Crippen molar-refractivity contribution >= 4 is 7.44 Å². The van der Waals surface area contributed by atoms with E-state index in [4.69, 9.17) is 0 Å². The maximum atomic E-state index is 15.8. The molecule has 1 heterocycles. The van der Waals surface area contributed by atoms with Crippen LogP contribution >= 0.6 is 7.44 Å². The van der Waals surface area contributed by atoms with Crippen molar-refractivity contribution in [3.05, 3.63) is 120 Å². The van der Waals surface area contributed by atoms with E-state index in [1.165, 1.54) is 24.0 Å². The van der Waals surface area contributed by atoms with Gasteiger partial charge in [-0.1, -0.05) is 110 Å². The minimum Gasteiger partial charge on any atom is -0.298 e. The van der Waals surface area contributed by atoms with Crippen molar-refractivity contribution in [3.63, 3.8) is 0 Å². The van der Waals surface area contributed by atoms with Gasteiger partial charge in [0.15, 0.2) is 0 Å². The quantitative estimate of drug-likeness (QED) is 0.262. The molecule has 5 heteroatoms. The van der Waals surface area contributed by atoms with Crippen molar-refractivity contribution in [2.45, 2.75) is 56.6 Å². The minimum atomic E-state index is -3.08. The molecular weight excluding hydrogens is 449 g/mol. The zero-order valence-electron chi connectivity index (χ0n) is 20.4. The first-order valence-corrected chi connectivity index (χ1v) is 14.5. The first-order chi connectivity index (χ1) is 17.2. The van der Waals surface area contributed by atoms with Crippen LogP contribution in [0, 0.1) is 0 Å². The Morgan fingerprint density at radius 1 is 0.800 bits per heavy atom. The fraction of sp³-hybridized carbons (Fsp3) is 0.333. The number of fused-ring (bicyclic) bond motifs is 1. The molecule has 3 aromatic carbocycles. The Morgan fingerprint density at radius 2 is 1.26 bits per heavy atom. The van der Waals surface area contributed by atoms with E-state index in [-0.39, 0.29) is 17.9 Å². The zero-order chi connectivity index (χ0) is 24.1. The average Bonchev–Trinajstić information content (AvgIpc) is 3.14. The van der Waals surface area contributed by atoms with Crippen LogP contribution in [0.4, 0.5) is 0 Å². The normalized spacial score (nSPS) is 23.0. The number of nitrogens with one attached hydrogen (secondary N) is 1. The maximum Gasteiger partial charge on any atom is 0.238 e. The average molecular weight is 486 g/mol. The Morgan fingerprint density at radius 3 is 1.71 bits per heavy atom. The van der Waals surface area contributed by atoms with Crippen LogP contribution in [0.2, 0.25) is 0 Å². The van der Waals surface area contributed by atoms with Gasteiger partial charge in [0.2, 0.25) is 7.44 Å². The molecule has 1 aliphatic carbocycles. The smallest absolute Gasteiger partial charge is 0.238 e. The molecular formula is C30H36N3OP. The topological polar surface area (TPSA) is 35.6 Å². The summed E-state index contributed by atoms with van der Waals surface area (Å²) in [5.74, 6) is -0.292. The Kier molecular flexibility index (Phi) is 7.65. The van der Waals surface area contributed by atoms with E-state index >= 15 is 4.57 Å². The summed E-state index contributed by atoms with van der Waals surface area (Å²) in [5.41, 5.74) is 3.51. The predicted molar refractivity (Wildman–Crippen MR) is 145 cm³/mol. The van der Waals surface area contributed by atoms with Crippen LogP contribution < -0.4 is 5.32 Å². The summed E-state index contributed by atoms with van der Waals surface area (Å²) in [4.78, 5) is 0. The second kappa shape index (κ2) is 11.1. The van der Waals surface area contributed by atoms with Crippen molar-refractivity contribution in [1.82, 2.24) is 14.7 Å². The lowest BCUT2D eigenvalue weighted by Gasteiger charge is -2.38. The van der Waals surface area contributed by atoms with Crippen LogP contribution in [0.1, 0.15) is 48.2 Å². The molecule has 0 bridgehead atoms. The third-order valence-electron chi connectivity index (χ3n) is 7.48. The van der Waals surface area contributed by atoms with Gasteiger partial charge >= 0.3 is 0 Å². The van der Waals surface area contributed by atoms with Gasteiger partial charge in [0.05, 0.1) is 0 Å². The van der Waals surface area contributed by atoms with Gasteiger partial charge in [-0.15, -0.1) is 6.58 Å². The first kappa shape index (κ1) is 24.2. The van der Waals surface area contributed by atoms with Gasteiger partial charge in [-0.25, -0.2) is 9.34 Å². The monoisotopic (exact) mass is 485 g/mol. The summed E-state index contributed by atoms with van der Waals surface area (Å²) >= 11 is 0. The number of hydrogen-bond acceptors (Lipinski definition) is 2. The predicted octanol–water partition coefficient (Wildman–Crippen LogP) is 6.98. The Hall–Kier alpha value is -2.49. The Balaban J connectivity index is 1.64. The standard InChI is InChI=1S/C30H36N3OP/c1-2-22-31-30(27-18-10-5-11-19-27)35(34)32(23-25-14-6-3-7-15-25)28-20-12-13-21-29(28)33(35)24-26-16-8-4-9-17-26/h2-11,14-19,28-31H,1,12-13,20-24H2/t28-,29-,30?/m1/s1. The molecule has 2 fully saturated rings. The van der Waals surface area contributed by atoms with Crippen molar-refractivity contribution in [2.75, 3.05) is 6.54 Å². The lowest BCUT2D eigenvalue weighted by Crippen LogP contribution is -2.39. The summed E-state index contributed by atoms with van der Waals surface area (Å²) in [5, 5.41) is 3.64. The van der Waals surface area contributed by atoms with Gasteiger partial charge in [0.1, 0.15) is 5.78 Å². The number of rotatable bonds is 9. The van der Waals surface area contributed by atoms with Crippen molar-refractivity contribution in [2.24, 2.45) is 0 Å². The van der Waals surface area contributed by atoms with Gasteiger partial charge in [-0.3, -0.25) is 9.88 Å². The highest BCUT2D eigenvalue weighted by molar-refractivity contribution is 7.59. The van der Waals surface area contributed by atoms with Crippen LogP contribution in [0.5, 0.6) is 0 Å². The fourth-order valence-electron chi connectivity index (χ4n) is 5.90. The molecule has 35 heavy (non-hydrogen) atoms. The van der Waals surface area contributed by atoms with Gasteiger partial charge in [0, 0.05) is 31.7 Å². The fourth-order valence-corrected chi connectivity index (χ4v) is 9.81. The summed E-state index contributed by atoms with van der Waals surface area (Å²) in [6, 6.07) is 32.0. The maximum absolute atomic E-state index is 15.8. The second-order valence-corrected chi connectivity index (χ2v) is 12.4. The molecule has 1 saturated carbocycles. The SMILES string of the molecule is C=CCNC(c1ccccc1)P1(=O)N(Cc2ccccc2)[C@@H]2CCCC[C@H]2N1Cc1ccccc1. The van der Waals surface area contributed by atoms with Crippen molar-refractivity contribution in [1.29, 1.82) is 0 Å². The molecule has 3 atom stereocenters. The van der Waals surface area contributed by atoms with Crippen molar-refractivity contribution < 1.29 is 4.57 Å². The minimum absolute atomic E-state index is 0.287. The lowest BCUT2D eigenvalue weighted by molar-refractivity contribution is 0.197. The summed E-state index contributed by atoms with van der Waals surface area (Å²) < 4.78 is 20.6. The molecule has 1 aliphatic heterocycles. The van der Waals surface area contributed by atoms with Crippen LogP contribution in [0.3, 0.4) is 0 Å². The third-order valence-corrected chi connectivity index (χ3v) is 11.0. The van der Waals surface area contributed by atoms with E-state index in [0.29, 0.717) is 19.6 Å². The molecule has 2 aliphatic rings. The van der Waals surface area contributed by atoms with E-state index in [0.717, 1.165) is 18.4 Å². The molecule has 0 spiro atoms. The van der Waals surface area contributed by atoms with Gasteiger partial charge in [-0.2, -0.15) is 0 Å². The largest absolute Gasteiger partial charge is 0.298 e. The molecule has 0 aromatic heterocycles. The Bertz CT molecular complexity index is 1080. The molecule has 4 nitrogen and oxygen atoms in total. The second-order valence-electron chi connectivity index (χ2n) is 9.68. The van der Waals surface area contributed by atoms with E-state index in [2.05, 4.69) is 106 Å². The van der Waals surface area contributed by atoms with Crippen LogP contribution in [-0.2, 0) is 17.7 Å². The van der Waals surface area contributed by atoms with Crippen LogP contribution in [0.15, 0.2) is 104 Å². The van der Waals surface area contributed by atoms with Crippen LogP contribution in [-0.4, -0.2) is 28.0 Å². The van der Waals surface area contributed by atoms with E-state index in [9.17, 15) is 0 Å². The molecule has 1 N–H and O–H groups in total. The lowest BCUT2D eigenvalue weighted by atomic mass is 9.90. The third kappa shape index (κ3) is 4.94.